The van der Waals surface area contributed by atoms with Crippen LogP contribution >= 0.6 is 0 Å². The van der Waals surface area contributed by atoms with Gasteiger partial charge in [-0.1, -0.05) is 60.7 Å². The molecule has 1 N–H and O–H groups in total. The Hall–Kier alpha value is -1.68. The third-order valence-electron chi connectivity index (χ3n) is 3.33. The Kier molecular flexibility index (Phi) is 6.95. The van der Waals surface area contributed by atoms with E-state index in [0.717, 1.165) is 13.1 Å². The summed E-state index contributed by atoms with van der Waals surface area (Å²) in [4.78, 5) is 2.21. The van der Waals surface area contributed by atoms with E-state index in [0.29, 0.717) is 19.8 Å². The highest BCUT2D eigenvalue weighted by atomic mass is 16.5. The molecule has 2 aromatic rings. The Bertz CT molecular complexity index is 487. The molecule has 0 unspecified atom stereocenters. The molecule has 0 amide bonds. The zero-order chi connectivity index (χ0) is 14.8. The molecule has 0 bridgehead atoms. The molecule has 3 heteroatoms. The predicted molar refractivity (Wildman–Crippen MR) is 84.9 cm³/mol. The first kappa shape index (κ1) is 15.7. The number of hydrogen-bond acceptors (Lipinski definition) is 3. The van der Waals surface area contributed by atoms with Gasteiger partial charge in [-0.25, -0.2) is 0 Å². The molecule has 0 atom stereocenters. The minimum atomic E-state index is 0.172. The van der Waals surface area contributed by atoms with Crippen molar-refractivity contribution in [1.29, 1.82) is 0 Å². The Labute approximate surface area is 126 Å². The molecule has 0 spiro atoms. The molecule has 0 aliphatic carbocycles. The maximum absolute atomic E-state index is 9.17. The van der Waals surface area contributed by atoms with E-state index < -0.39 is 0 Å². The van der Waals surface area contributed by atoms with E-state index in [2.05, 4.69) is 29.2 Å². The van der Waals surface area contributed by atoms with Gasteiger partial charge >= 0.3 is 0 Å². The van der Waals surface area contributed by atoms with E-state index in [9.17, 15) is 0 Å². The molecule has 112 valence electrons. The van der Waals surface area contributed by atoms with E-state index in [4.69, 9.17) is 9.84 Å². The fourth-order valence-electron chi connectivity index (χ4n) is 2.21. The Balaban J connectivity index is 1.72. The second kappa shape index (κ2) is 9.29. The molecule has 21 heavy (non-hydrogen) atoms. The average Bonchev–Trinajstić information content (AvgIpc) is 2.54. The molecule has 3 nitrogen and oxygen atoms in total. The van der Waals surface area contributed by atoms with Crippen molar-refractivity contribution < 1.29 is 9.84 Å². The van der Waals surface area contributed by atoms with Gasteiger partial charge in [-0.3, -0.25) is 4.90 Å². The lowest BCUT2D eigenvalue weighted by atomic mass is 10.2. The predicted octanol–water partition coefficient (Wildman–Crippen LogP) is 2.70. The highest BCUT2D eigenvalue weighted by Gasteiger charge is 2.05. The monoisotopic (exact) mass is 285 g/mol. The molecule has 0 saturated heterocycles. The fraction of sp³-hybridized carbons (Fsp3) is 0.333. The lowest BCUT2D eigenvalue weighted by Gasteiger charge is -2.21. The van der Waals surface area contributed by atoms with E-state index in [1.165, 1.54) is 11.1 Å². The summed E-state index contributed by atoms with van der Waals surface area (Å²) in [7, 11) is 0. The van der Waals surface area contributed by atoms with Crippen LogP contribution in [0.1, 0.15) is 11.1 Å². The van der Waals surface area contributed by atoms with Crippen LogP contribution in [-0.2, 0) is 17.9 Å². The van der Waals surface area contributed by atoms with Crippen molar-refractivity contribution in [3.63, 3.8) is 0 Å². The van der Waals surface area contributed by atoms with Crippen molar-refractivity contribution in [1.82, 2.24) is 4.90 Å². The van der Waals surface area contributed by atoms with Crippen molar-refractivity contribution in [2.45, 2.75) is 13.2 Å². The van der Waals surface area contributed by atoms with Crippen LogP contribution < -0.4 is 0 Å². The van der Waals surface area contributed by atoms with Gasteiger partial charge < -0.3 is 9.84 Å². The first-order valence-corrected chi connectivity index (χ1v) is 7.37. The molecule has 0 saturated carbocycles. The van der Waals surface area contributed by atoms with Gasteiger partial charge in [-0.15, -0.1) is 0 Å². The number of nitrogens with zero attached hydrogens (tertiary/aromatic N) is 1. The summed E-state index contributed by atoms with van der Waals surface area (Å²) in [5.74, 6) is 0. The van der Waals surface area contributed by atoms with E-state index in [-0.39, 0.29) is 6.61 Å². The number of ether oxygens (including phenoxy) is 1. The third kappa shape index (κ3) is 6.08. The minimum absolute atomic E-state index is 0.172. The molecular formula is C18H23NO2. The van der Waals surface area contributed by atoms with Crippen LogP contribution in [0, 0.1) is 0 Å². The summed E-state index contributed by atoms with van der Waals surface area (Å²) in [6.45, 7) is 3.81. The number of rotatable bonds is 9. The van der Waals surface area contributed by atoms with Gasteiger partial charge in [-0.2, -0.15) is 0 Å². The van der Waals surface area contributed by atoms with Crippen LogP contribution in [0.3, 0.4) is 0 Å². The molecule has 0 aromatic heterocycles. The molecule has 0 aliphatic heterocycles. The van der Waals surface area contributed by atoms with Gasteiger partial charge in [0.1, 0.15) is 0 Å². The number of benzene rings is 2. The maximum atomic E-state index is 9.17. The SMILES string of the molecule is OCCN(CCOCc1ccccc1)Cc1ccccc1. The Morgan fingerprint density at radius 2 is 1.43 bits per heavy atom. The van der Waals surface area contributed by atoms with Crippen LogP contribution in [0.2, 0.25) is 0 Å². The number of aliphatic hydroxyl groups is 1. The van der Waals surface area contributed by atoms with E-state index in [1.807, 2.05) is 36.4 Å². The quantitative estimate of drug-likeness (QED) is 0.719. The summed E-state index contributed by atoms with van der Waals surface area (Å²) in [6.07, 6.45) is 0. The minimum Gasteiger partial charge on any atom is -0.395 e. The summed E-state index contributed by atoms with van der Waals surface area (Å²) in [5.41, 5.74) is 2.45. The largest absolute Gasteiger partial charge is 0.395 e. The normalized spacial score (nSPS) is 11.0. The van der Waals surface area contributed by atoms with Crippen molar-refractivity contribution >= 4 is 0 Å². The molecule has 0 aliphatic rings. The zero-order valence-electron chi connectivity index (χ0n) is 12.3. The molecule has 0 fully saturated rings. The average molecular weight is 285 g/mol. The van der Waals surface area contributed by atoms with Gasteiger partial charge in [0.15, 0.2) is 0 Å². The van der Waals surface area contributed by atoms with Crippen LogP contribution in [0.15, 0.2) is 60.7 Å². The first-order valence-electron chi connectivity index (χ1n) is 7.37. The van der Waals surface area contributed by atoms with Crippen molar-refractivity contribution in [3.8, 4) is 0 Å². The first-order chi connectivity index (χ1) is 10.4. The van der Waals surface area contributed by atoms with Crippen molar-refractivity contribution in [3.05, 3.63) is 71.8 Å². The Morgan fingerprint density at radius 1 is 0.810 bits per heavy atom. The molecular weight excluding hydrogens is 262 g/mol. The molecule has 0 radical (unpaired) electrons. The Morgan fingerprint density at radius 3 is 2.05 bits per heavy atom. The highest BCUT2D eigenvalue weighted by molar-refractivity contribution is 5.14. The second-order valence-corrected chi connectivity index (χ2v) is 5.02. The lowest BCUT2D eigenvalue weighted by Crippen LogP contribution is -2.30. The lowest BCUT2D eigenvalue weighted by molar-refractivity contribution is 0.0832. The van der Waals surface area contributed by atoms with Gasteiger partial charge in [-0.05, 0) is 11.1 Å². The van der Waals surface area contributed by atoms with Crippen molar-refractivity contribution in [2.75, 3.05) is 26.3 Å². The number of hydrogen-bond donors (Lipinski definition) is 1. The summed E-state index contributed by atoms with van der Waals surface area (Å²) < 4.78 is 5.71. The fourth-order valence-corrected chi connectivity index (χ4v) is 2.21. The van der Waals surface area contributed by atoms with Crippen LogP contribution in [0.25, 0.3) is 0 Å². The van der Waals surface area contributed by atoms with Gasteiger partial charge in [0, 0.05) is 19.6 Å². The smallest absolute Gasteiger partial charge is 0.0717 e. The maximum Gasteiger partial charge on any atom is 0.0717 e. The molecule has 0 heterocycles. The van der Waals surface area contributed by atoms with Gasteiger partial charge in [0.2, 0.25) is 0 Å². The van der Waals surface area contributed by atoms with E-state index >= 15 is 0 Å². The van der Waals surface area contributed by atoms with Crippen LogP contribution in [0.5, 0.6) is 0 Å². The number of aliphatic hydroxyl groups excluding tert-OH is 1. The summed E-state index contributed by atoms with van der Waals surface area (Å²) in [6, 6.07) is 20.5. The molecule has 2 rings (SSSR count). The van der Waals surface area contributed by atoms with E-state index in [1.54, 1.807) is 0 Å². The molecule has 2 aromatic carbocycles. The van der Waals surface area contributed by atoms with Gasteiger partial charge in [0.25, 0.3) is 0 Å². The summed E-state index contributed by atoms with van der Waals surface area (Å²) in [5, 5.41) is 9.17. The van der Waals surface area contributed by atoms with Gasteiger partial charge in [0.05, 0.1) is 19.8 Å². The standard InChI is InChI=1S/C18H23NO2/c20-13-11-19(15-17-7-3-1-4-8-17)12-14-21-16-18-9-5-2-6-10-18/h1-10,20H,11-16H2. The van der Waals surface area contributed by atoms with Crippen LogP contribution in [0.4, 0.5) is 0 Å². The third-order valence-corrected chi connectivity index (χ3v) is 3.33. The second-order valence-electron chi connectivity index (χ2n) is 5.02. The summed E-state index contributed by atoms with van der Waals surface area (Å²) >= 11 is 0. The van der Waals surface area contributed by atoms with Crippen LogP contribution in [-0.4, -0.2) is 36.3 Å². The topological polar surface area (TPSA) is 32.7 Å². The zero-order valence-corrected chi connectivity index (χ0v) is 12.3. The highest BCUT2D eigenvalue weighted by Crippen LogP contribution is 2.05. The van der Waals surface area contributed by atoms with Crippen molar-refractivity contribution in [2.24, 2.45) is 0 Å².